The molecule has 0 radical (unpaired) electrons. The Morgan fingerprint density at radius 1 is 0.929 bits per heavy atom. The number of nitrogen functional groups attached to an aromatic ring is 2. The minimum Gasteiger partial charge on any atom is -0.477 e. The number of rotatable bonds is 7. The van der Waals surface area contributed by atoms with Gasteiger partial charge in [0.1, 0.15) is 17.3 Å². The van der Waals surface area contributed by atoms with Gasteiger partial charge < -0.3 is 20.9 Å². The number of nitrogens with two attached hydrogens (primary N) is 2. The van der Waals surface area contributed by atoms with Crippen LogP contribution >= 0.6 is 0 Å². The van der Waals surface area contributed by atoms with Gasteiger partial charge in [0, 0.05) is 5.69 Å². The lowest BCUT2D eigenvalue weighted by molar-refractivity contribution is -0.144. The fourth-order valence-corrected chi connectivity index (χ4v) is 10.5. The number of hydrogen-bond donors (Lipinski definition) is 2. The fraction of sp³-hybridized carbons (Fsp3) is 0.639. The van der Waals surface area contributed by atoms with Crippen molar-refractivity contribution in [1.82, 2.24) is 0 Å². The molecule has 0 amide bonds. The van der Waals surface area contributed by atoms with Crippen molar-refractivity contribution in [3.05, 3.63) is 48.3 Å². The fourth-order valence-electron chi connectivity index (χ4n) is 10.5. The van der Waals surface area contributed by atoms with E-state index in [1.807, 2.05) is 0 Å². The quantitative estimate of drug-likeness (QED) is 0.196. The molecule has 4 aliphatic rings. The summed E-state index contributed by atoms with van der Waals surface area (Å²) < 4.78 is 25.5. The van der Waals surface area contributed by atoms with Gasteiger partial charge in [-0.3, -0.25) is 0 Å². The predicted octanol–water partition coefficient (Wildman–Crippen LogP) is 8.42. The molecule has 4 fully saturated rings. The second kappa shape index (κ2) is 11.4. The number of carbonyl (C=O) groups excluding carboxylic acids is 1. The Labute approximate surface area is 250 Å². The molecule has 2 aromatic carbocycles. The monoisotopic (exact) mass is 576 g/mol. The molecule has 6 heteroatoms. The average Bonchev–Trinajstić information content (AvgIpc) is 3.32. The van der Waals surface area contributed by atoms with E-state index >= 15 is 0 Å². The summed E-state index contributed by atoms with van der Waals surface area (Å²) >= 11 is 0. The molecule has 6 rings (SSSR count). The predicted molar refractivity (Wildman–Crippen MR) is 165 cm³/mol. The molecular weight excluding hydrogens is 527 g/mol. The van der Waals surface area contributed by atoms with E-state index in [-0.39, 0.29) is 17.2 Å². The number of halogens is 1. The third kappa shape index (κ3) is 5.28. The normalized spacial score (nSPS) is 35.3. The van der Waals surface area contributed by atoms with Gasteiger partial charge in [0.25, 0.3) is 0 Å². The van der Waals surface area contributed by atoms with E-state index in [0.29, 0.717) is 40.6 Å². The molecule has 2 unspecified atom stereocenters. The molecule has 4 saturated carbocycles. The van der Waals surface area contributed by atoms with E-state index < -0.39 is 12.1 Å². The second-order valence-electron chi connectivity index (χ2n) is 14.6. The first-order chi connectivity index (χ1) is 20.1. The third-order valence-corrected chi connectivity index (χ3v) is 12.5. The zero-order valence-electron chi connectivity index (χ0n) is 25.6. The molecular formula is C36H49FN2O3. The Bertz CT molecular complexity index is 1280. The van der Waals surface area contributed by atoms with E-state index in [4.69, 9.17) is 20.9 Å². The first kappa shape index (κ1) is 29.3. The van der Waals surface area contributed by atoms with E-state index in [1.54, 1.807) is 18.2 Å². The molecule has 0 bridgehead atoms. The highest BCUT2D eigenvalue weighted by molar-refractivity contribution is 5.78. The van der Waals surface area contributed by atoms with Crippen LogP contribution in [0.4, 0.5) is 15.8 Å². The summed E-state index contributed by atoms with van der Waals surface area (Å²) in [5.74, 6) is 4.04. The van der Waals surface area contributed by atoms with Crippen LogP contribution in [0.2, 0.25) is 0 Å². The van der Waals surface area contributed by atoms with E-state index in [0.717, 1.165) is 23.7 Å². The molecule has 0 heterocycles. The molecule has 4 aliphatic carbocycles. The minimum atomic E-state index is -0.841. The van der Waals surface area contributed by atoms with Gasteiger partial charge in [-0.1, -0.05) is 33.6 Å². The van der Waals surface area contributed by atoms with E-state index in [2.05, 4.69) is 20.8 Å². The van der Waals surface area contributed by atoms with Crippen LogP contribution < -0.4 is 20.9 Å². The maximum atomic E-state index is 13.5. The summed E-state index contributed by atoms with van der Waals surface area (Å²) in [6.45, 7) is 7.49. The number of esters is 1. The zero-order valence-corrected chi connectivity index (χ0v) is 25.6. The second-order valence-corrected chi connectivity index (χ2v) is 14.6. The Kier molecular flexibility index (Phi) is 7.95. The summed E-state index contributed by atoms with van der Waals surface area (Å²) in [7, 11) is 0. The summed E-state index contributed by atoms with van der Waals surface area (Å²) in [6.07, 6.45) is 13.3. The molecule has 42 heavy (non-hydrogen) atoms. The molecule has 2 aromatic rings. The molecule has 0 aliphatic heterocycles. The van der Waals surface area contributed by atoms with E-state index in [1.165, 1.54) is 88.5 Å². The molecule has 4 N–H and O–H groups in total. The molecule has 228 valence electrons. The average molecular weight is 577 g/mol. The Hall–Kier alpha value is -2.76. The first-order valence-electron chi connectivity index (χ1n) is 16.4. The van der Waals surface area contributed by atoms with Crippen molar-refractivity contribution in [2.45, 2.75) is 97.5 Å². The van der Waals surface area contributed by atoms with Gasteiger partial charge in [-0.25, -0.2) is 9.18 Å². The smallest absolute Gasteiger partial charge is 0.352 e. The minimum absolute atomic E-state index is 0.263. The first-order valence-corrected chi connectivity index (χ1v) is 16.4. The van der Waals surface area contributed by atoms with Crippen molar-refractivity contribution in [3.63, 3.8) is 0 Å². The summed E-state index contributed by atoms with van der Waals surface area (Å²) in [5, 5.41) is 0. The summed E-state index contributed by atoms with van der Waals surface area (Å²) in [5.41, 5.74) is 13.9. The van der Waals surface area contributed by atoms with Crippen LogP contribution in [0.1, 0.15) is 91.4 Å². The summed E-state index contributed by atoms with van der Waals surface area (Å²) in [6, 6.07) is 10.6. The highest BCUT2D eigenvalue weighted by Gasteiger charge is 2.60. The van der Waals surface area contributed by atoms with Crippen LogP contribution in [0.3, 0.4) is 0 Å². The lowest BCUT2D eigenvalue weighted by Crippen LogP contribution is -2.53. The largest absolute Gasteiger partial charge is 0.477 e. The molecule has 0 spiro atoms. The van der Waals surface area contributed by atoms with Gasteiger partial charge in [-0.05, 0) is 147 Å². The van der Waals surface area contributed by atoms with Crippen LogP contribution in [0.15, 0.2) is 42.5 Å². The van der Waals surface area contributed by atoms with E-state index in [9.17, 15) is 9.18 Å². The van der Waals surface area contributed by atoms with Crippen LogP contribution in [0.25, 0.3) is 0 Å². The van der Waals surface area contributed by atoms with Crippen LogP contribution in [0, 0.1) is 52.2 Å². The molecule has 9 atom stereocenters. The number of benzene rings is 2. The maximum Gasteiger partial charge on any atom is 0.352 e. The Morgan fingerprint density at radius 3 is 2.45 bits per heavy atom. The topological polar surface area (TPSA) is 87.6 Å². The van der Waals surface area contributed by atoms with Crippen molar-refractivity contribution < 1.29 is 18.7 Å². The number of hydrogen-bond acceptors (Lipinski definition) is 5. The standard InChI is InChI=1S/C36H49FN2O3/c1-22(20-33(42-32-16-10-25(38)21-31(32)39)34(40)41-26-11-8-24(37)9-12-26)28-14-15-29-27-13-7-23-6-4-5-18-35(23,2)30(27)17-19-36(28,29)3/h8-12,16,21-23,27-30,33H,4-7,13-15,17-20,38-39H2,1-3H3/t22-,23?,27+,28-,29+,30+,33?,35+,36-/m1/s1. The number of anilines is 2. The SMILES string of the molecule is C[C@H](CC(Oc1ccc(N)cc1N)C(=O)Oc1ccc(F)cc1)[C@H]1CC[C@H]2[C@@H]3CCC4CCCC[C@]4(C)[C@H]3CC[C@]12C. The molecule has 5 nitrogen and oxygen atoms in total. The zero-order chi connectivity index (χ0) is 29.6. The maximum absolute atomic E-state index is 13.5. The van der Waals surface area contributed by atoms with Gasteiger partial charge in [-0.2, -0.15) is 0 Å². The van der Waals surface area contributed by atoms with Gasteiger partial charge in [-0.15, -0.1) is 0 Å². The highest BCUT2D eigenvalue weighted by atomic mass is 19.1. The third-order valence-electron chi connectivity index (χ3n) is 12.5. The lowest BCUT2D eigenvalue weighted by Gasteiger charge is -2.61. The summed E-state index contributed by atoms with van der Waals surface area (Å²) in [4.78, 5) is 13.5. The van der Waals surface area contributed by atoms with Gasteiger partial charge in [0.2, 0.25) is 0 Å². The highest BCUT2D eigenvalue weighted by Crippen LogP contribution is 2.68. The van der Waals surface area contributed by atoms with Crippen molar-refractivity contribution >= 4 is 17.3 Å². The van der Waals surface area contributed by atoms with Gasteiger partial charge >= 0.3 is 5.97 Å². The lowest BCUT2D eigenvalue weighted by atomic mass is 9.44. The van der Waals surface area contributed by atoms with Crippen LogP contribution in [0.5, 0.6) is 11.5 Å². The number of carbonyl (C=O) groups is 1. The number of fused-ring (bicyclic) bond motifs is 5. The molecule has 0 aromatic heterocycles. The van der Waals surface area contributed by atoms with Crippen molar-refractivity contribution in [3.8, 4) is 11.5 Å². The Balaban J connectivity index is 1.20. The van der Waals surface area contributed by atoms with Crippen LogP contribution in [-0.4, -0.2) is 12.1 Å². The van der Waals surface area contributed by atoms with Crippen LogP contribution in [-0.2, 0) is 4.79 Å². The van der Waals surface area contributed by atoms with Crippen molar-refractivity contribution in [1.29, 1.82) is 0 Å². The van der Waals surface area contributed by atoms with Crippen molar-refractivity contribution in [2.75, 3.05) is 11.5 Å². The van der Waals surface area contributed by atoms with Gasteiger partial charge in [0.15, 0.2) is 6.10 Å². The van der Waals surface area contributed by atoms with Gasteiger partial charge in [0.05, 0.1) is 5.69 Å². The number of ether oxygens (including phenoxy) is 2. The van der Waals surface area contributed by atoms with Crippen molar-refractivity contribution in [2.24, 2.45) is 46.3 Å². The molecule has 0 saturated heterocycles. The Morgan fingerprint density at radius 2 is 1.69 bits per heavy atom.